The van der Waals surface area contributed by atoms with Crippen LogP contribution in [-0.4, -0.2) is 34.4 Å². The third-order valence-corrected chi connectivity index (χ3v) is 3.76. The van der Waals surface area contributed by atoms with Gasteiger partial charge in [-0.2, -0.15) is 0 Å². The van der Waals surface area contributed by atoms with Gasteiger partial charge < -0.3 is 9.73 Å². The van der Waals surface area contributed by atoms with Crippen LogP contribution in [-0.2, 0) is 4.79 Å². The van der Waals surface area contributed by atoms with Crippen LogP contribution in [0, 0.1) is 0 Å². The van der Waals surface area contributed by atoms with Crippen molar-refractivity contribution in [1.29, 1.82) is 0 Å². The monoisotopic (exact) mass is 340 g/mol. The number of thioether (sulfide) groups is 1. The molecule has 0 saturated carbocycles. The second kappa shape index (κ2) is 7.28. The normalized spacial score (nSPS) is 11.8. The quantitative estimate of drug-likeness (QED) is 0.829. The molecule has 2 N–H and O–H groups in total. The van der Waals surface area contributed by atoms with Gasteiger partial charge in [-0.25, -0.2) is 4.79 Å². The van der Waals surface area contributed by atoms with Crippen LogP contribution in [0.5, 0.6) is 0 Å². The SMILES string of the molecule is CNC(=O)NC(=O)[C@@H](C)Sc1nnc(-c2cccc(Cl)c2)o1. The van der Waals surface area contributed by atoms with E-state index in [1.165, 1.54) is 7.05 Å². The lowest BCUT2D eigenvalue weighted by molar-refractivity contribution is -0.119. The number of aromatic nitrogens is 2. The first kappa shape index (κ1) is 16.3. The fourth-order valence-electron chi connectivity index (χ4n) is 1.48. The standard InChI is InChI=1S/C13H13ClN4O3S/c1-7(10(19)16-12(20)15-2)22-13-18-17-11(21-13)8-4-3-5-9(14)6-8/h3-7H,1-2H3,(H2,15,16,19,20)/t7-/m1/s1. The maximum Gasteiger partial charge on any atom is 0.321 e. The van der Waals surface area contributed by atoms with Crippen molar-refractivity contribution in [2.75, 3.05) is 7.05 Å². The highest BCUT2D eigenvalue weighted by atomic mass is 35.5. The maximum absolute atomic E-state index is 11.7. The van der Waals surface area contributed by atoms with E-state index in [2.05, 4.69) is 20.8 Å². The summed E-state index contributed by atoms with van der Waals surface area (Å²) in [5.74, 6) is -0.143. The summed E-state index contributed by atoms with van der Waals surface area (Å²) in [6.07, 6.45) is 0. The summed E-state index contributed by atoms with van der Waals surface area (Å²) in [6, 6.07) is 6.43. The number of nitrogens with zero attached hydrogens (tertiary/aromatic N) is 2. The number of rotatable bonds is 4. The van der Waals surface area contributed by atoms with Crippen molar-refractivity contribution in [3.05, 3.63) is 29.3 Å². The van der Waals surface area contributed by atoms with E-state index in [1.54, 1.807) is 31.2 Å². The molecule has 9 heteroatoms. The topological polar surface area (TPSA) is 97.1 Å². The Morgan fingerprint density at radius 3 is 2.82 bits per heavy atom. The van der Waals surface area contributed by atoms with Crippen molar-refractivity contribution in [1.82, 2.24) is 20.8 Å². The second-order valence-electron chi connectivity index (χ2n) is 4.21. The fourth-order valence-corrected chi connectivity index (χ4v) is 2.35. The van der Waals surface area contributed by atoms with Gasteiger partial charge in [0.15, 0.2) is 0 Å². The van der Waals surface area contributed by atoms with E-state index in [9.17, 15) is 9.59 Å². The third kappa shape index (κ3) is 4.22. The molecule has 0 aliphatic rings. The molecule has 7 nitrogen and oxygen atoms in total. The van der Waals surface area contributed by atoms with Crippen molar-refractivity contribution in [2.24, 2.45) is 0 Å². The lowest BCUT2D eigenvalue weighted by atomic mass is 10.2. The number of carbonyl (C=O) groups excluding carboxylic acids is 2. The van der Waals surface area contributed by atoms with Crippen LogP contribution in [0.2, 0.25) is 5.02 Å². The average Bonchev–Trinajstić information content (AvgIpc) is 2.95. The van der Waals surface area contributed by atoms with Gasteiger partial charge in [-0.3, -0.25) is 10.1 Å². The highest BCUT2D eigenvalue weighted by Crippen LogP contribution is 2.27. The first-order chi connectivity index (χ1) is 10.5. The summed E-state index contributed by atoms with van der Waals surface area (Å²) >= 11 is 6.96. The molecule has 22 heavy (non-hydrogen) atoms. The summed E-state index contributed by atoms with van der Waals surface area (Å²) in [5.41, 5.74) is 0.689. The smallest absolute Gasteiger partial charge is 0.321 e. The number of amides is 3. The minimum atomic E-state index is -0.567. The van der Waals surface area contributed by atoms with Crippen molar-refractivity contribution < 1.29 is 14.0 Å². The molecular formula is C13H13ClN4O3S. The maximum atomic E-state index is 11.7. The molecule has 0 saturated heterocycles. The van der Waals surface area contributed by atoms with E-state index in [1.807, 2.05) is 0 Å². The molecule has 0 fully saturated rings. The van der Waals surface area contributed by atoms with Crippen LogP contribution in [0.1, 0.15) is 6.92 Å². The number of carbonyl (C=O) groups is 2. The van der Waals surface area contributed by atoms with Gasteiger partial charge in [-0.1, -0.05) is 29.4 Å². The Morgan fingerprint density at radius 1 is 1.36 bits per heavy atom. The summed E-state index contributed by atoms with van der Waals surface area (Å²) in [4.78, 5) is 22.8. The molecule has 1 aromatic heterocycles. The van der Waals surface area contributed by atoms with Crippen LogP contribution < -0.4 is 10.6 Å². The average molecular weight is 341 g/mol. The van der Waals surface area contributed by atoms with Gasteiger partial charge in [0.25, 0.3) is 5.22 Å². The molecule has 2 aromatic rings. The molecule has 2 rings (SSSR count). The van der Waals surface area contributed by atoms with Gasteiger partial charge in [-0.05, 0) is 25.1 Å². The van der Waals surface area contributed by atoms with Crippen LogP contribution in [0.3, 0.4) is 0 Å². The zero-order chi connectivity index (χ0) is 16.1. The summed E-state index contributed by atoms with van der Waals surface area (Å²) in [5, 5.41) is 12.5. The van der Waals surface area contributed by atoms with E-state index in [0.29, 0.717) is 16.5 Å². The molecule has 1 atom stereocenters. The Labute approximate surface area is 135 Å². The molecule has 0 aliphatic heterocycles. The molecular weight excluding hydrogens is 328 g/mol. The fraction of sp³-hybridized carbons (Fsp3) is 0.231. The number of urea groups is 1. The number of hydrogen-bond donors (Lipinski definition) is 2. The van der Waals surface area contributed by atoms with Crippen molar-refractivity contribution >= 4 is 35.3 Å². The largest absolute Gasteiger partial charge is 0.411 e. The van der Waals surface area contributed by atoms with Crippen LogP contribution in [0.4, 0.5) is 4.79 Å². The summed E-state index contributed by atoms with van der Waals surface area (Å²) < 4.78 is 5.48. The van der Waals surface area contributed by atoms with Crippen molar-refractivity contribution in [3.63, 3.8) is 0 Å². The molecule has 0 aliphatic carbocycles. The molecule has 0 bridgehead atoms. The first-order valence-electron chi connectivity index (χ1n) is 6.28. The number of nitrogens with one attached hydrogen (secondary N) is 2. The van der Waals surface area contributed by atoms with Gasteiger partial charge in [0, 0.05) is 17.6 Å². The number of halogens is 1. The highest BCUT2D eigenvalue weighted by Gasteiger charge is 2.20. The van der Waals surface area contributed by atoms with Gasteiger partial charge in [0.05, 0.1) is 5.25 Å². The van der Waals surface area contributed by atoms with Crippen molar-refractivity contribution in [3.8, 4) is 11.5 Å². The first-order valence-corrected chi connectivity index (χ1v) is 7.54. The third-order valence-electron chi connectivity index (χ3n) is 2.59. The van der Waals surface area contributed by atoms with Crippen LogP contribution in [0.25, 0.3) is 11.5 Å². The van der Waals surface area contributed by atoms with Crippen molar-refractivity contribution in [2.45, 2.75) is 17.4 Å². The lowest BCUT2D eigenvalue weighted by Gasteiger charge is -2.07. The lowest BCUT2D eigenvalue weighted by Crippen LogP contribution is -2.41. The van der Waals surface area contributed by atoms with Gasteiger partial charge in [0.2, 0.25) is 11.8 Å². The van der Waals surface area contributed by atoms with Crippen LogP contribution >= 0.6 is 23.4 Å². The minimum Gasteiger partial charge on any atom is -0.411 e. The predicted octanol–water partition coefficient (Wildman–Crippen LogP) is 2.33. The molecule has 3 amide bonds. The minimum absolute atomic E-state index is 0.231. The molecule has 1 heterocycles. The Hall–Kier alpha value is -2.06. The second-order valence-corrected chi connectivity index (χ2v) is 5.94. The Balaban J connectivity index is 2.03. The van der Waals surface area contributed by atoms with Gasteiger partial charge in [-0.15, -0.1) is 10.2 Å². The number of benzene rings is 1. The Kier molecular flexibility index (Phi) is 5.40. The molecule has 116 valence electrons. The van der Waals surface area contributed by atoms with E-state index >= 15 is 0 Å². The zero-order valence-electron chi connectivity index (χ0n) is 11.8. The van der Waals surface area contributed by atoms with Crippen LogP contribution in [0.15, 0.2) is 33.9 Å². The van der Waals surface area contributed by atoms with E-state index < -0.39 is 17.2 Å². The number of hydrogen-bond acceptors (Lipinski definition) is 6. The zero-order valence-corrected chi connectivity index (χ0v) is 13.4. The summed E-state index contributed by atoms with van der Waals surface area (Å²) in [7, 11) is 1.43. The predicted molar refractivity (Wildman–Crippen MR) is 82.7 cm³/mol. The molecule has 0 radical (unpaired) electrons. The molecule has 0 spiro atoms. The van der Waals surface area contributed by atoms with Gasteiger partial charge in [0.1, 0.15) is 0 Å². The molecule has 0 unspecified atom stereocenters. The number of imide groups is 1. The highest BCUT2D eigenvalue weighted by molar-refractivity contribution is 8.00. The Bertz CT molecular complexity index is 691. The van der Waals surface area contributed by atoms with E-state index in [-0.39, 0.29) is 5.22 Å². The summed E-state index contributed by atoms with van der Waals surface area (Å²) in [6.45, 7) is 1.63. The van der Waals surface area contributed by atoms with Gasteiger partial charge >= 0.3 is 6.03 Å². The van der Waals surface area contributed by atoms with E-state index in [4.69, 9.17) is 16.0 Å². The van der Waals surface area contributed by atoms with E-state index in [0.717, 1.165) is 11.8 Å². The Morgan fingerprint density at radius 2 is 2.14 bits per heavy atom. The molecule has 1 aromatic carbocycles.